The van der Waals surface area contributed by atoms with Crippen molar-refractivity contribution in [2.45, 2.75) is 33.0 Å². The number of thiazole rings is 1. The fourth-order valence-corrected chi connectivity index (χ4v) is 4.56. The fraction of sp³-hybridized carbons (Fsp3) is 0.261. The van der Waals surface area contributed by atoms with E-state index in [1.54, 1.807) is 24.0 Å². The first kappa shape index (κ1) is 22.8. The zero-order chi connectivity index (χ0) is 23.7. The third-order valence-corrected chi connectivity index (χ3v) is 6.56. The molecule has 172 valence electrons. The van der Waals surface area contributed by atoms with Crippen molar-refractivity contribution >= 4 is 28.4 Å². The van der Waals surface area contributed by atoms with Crippen molar-refractivity contribution in [1.82, 2.24) is 15.2 Å². The van der Waals surface area contributed by atoms with E-state index < -0.39 is 17.5 Å². The summed E-state index contributed by atoms with van der Waals surface area (Å²) in [4.78, 5) is 33.6. The van der Waals surface area contributed by atoms with Gasteiger partial charge in [-0.15, -0.1) is 0 Å². The molecule has 0 spiro atoms. The maximum absolute atomic E-state index is 13.4. The molecule has 1 N–H and O–H groups in total. The third-order valence-electron chi connectivity index (χ3n) is 5.38. The van der Waals surface area contributed by atoms with Crippen LogP contribution in [0.1, 0.15) is 33.4 Å². The molecule has 1 aliphatic rings. The van der Waals surface area contributed by atoms with Crippen LogP contribution in [0.4, 0.5) is 23.1 Å². The molecule has 33 heavy (non-hydrogen) atoms. The first-order chi connectivity index (χ1) is 15.7. The molecule has 1 atom stereocenters. The van der Waals surface area contributed by atoms with Gasteiger partial charge in [0, 0.05) is 19.1 Å². The molecule has 10 heteroatoms. The summed E-state index contributed by atoms with van der Waals surface area (Å²) in [5, 5.41) is 3.08. The summed E-state index contributed by atoms with van der Waals surface area (Å²) in [6, 6.07) is 9.07. The summed E-state index contributed by atoms with van der Waals surface area (Å²) in [6.45, 7) is 4.35. The van der Waals surface area contributed by atoms with Crippen LogP contribution in [0.15, 0.2) is 42.5 Å². The summed E-state index contributed by atoms with van der Waals surface area (Å²) in [5.41, 5.74) is 1.70. The Morgan fingerprint density at radius 1 is 1.12 bits per heavy atom. The minimum atomic E-state index is -0.982. The molecule has 1 aromatic heterocycles. The van der Waals surface area contributed by atoms with Crippen LogP contribution in [0.25, 0.3) is 0 Å². The van der Waals surface area contributed by atoms with Crippen LogP contribution < -0.4 is 10.2 Å². The zero-order valence-corrected chi connectivity index (χ0v) is 18.8. The number of aromatic nitrogens is 1. The molecule has 2 aromatic carbocycles. The van der Waals surface area contributed by atoms with Gasteiger partial charge in [0.2, 0.25) is 0 Å². The van der Waals surface area contributed by atoms with E-state index in [0.717, 1.165) is 29.0 Å². The van der Waals surface area contributed by atoms with Crippen molar-refractivity contribution in [2.24, 2.45) is 0 Å². The predicted molar refractivity (Wildman–Crippen MR) is 119 cm³/mol. The molecular weight excluding hydrogens is 453 g/mol. The highest BCUT2D eigenvalue weighted by atomic mass is 32.1. The van der Waals surface area contributed by atoms with Crippen LogP contribution in [0.2, 0.25) is 0 Å². The monoisotopic (exact) mass is 474 g/mol. The largest absolute Gasteiger partial charge is 0.347 e. The standard InChI is InChI=1S/C23H21F3N4O2S/c1-13-11-30(23(32)29(13)12-15-3-6-17(24)7-4-15)22-28-14(2)20(33-22)21(31)27-10-16-5-8-18(25)19(26)9-16/h3-9,13H,10-12H2,1-2H3,(H,27,31)/t13-/m0/s1. The van der Waals surface area contributed by atoms with E-state index in [1.807, 2.05) is 6.92 Å². The number of urea groups is 1. The molecule has 6 nitrogen and oxygen atoms in total. The number of halogens is 3. The van der Waals surface area contributed by atoms with E-state index in [-0.39, 0.29) is 24.4 Å². The summed E-state index contributed by atoms with van der Waals surface area (Å²) in [5.74, 6) is -2.69. The van der Waals surface area contributed by atoms with Crippen molar-refractivity contribution in [1.29, 1.82) is 0 Å². The molecular formula is C23H21F3N4O2S. The SMILES string of the molecule is Cc1nc(N2C[C@H](C)N(Cc3ccc(F)cc3)C2=O)sc1C(=O)NCc1ccc(F)c(F)c1. The van der Waals surface area contributed by atoms with Crippen LogP contribution in [-0.2, 0) is 13.1 Å². The van der Waals surface area contributed by atoms with Gasteiger partial charge in [0.15, 0.2) is 16.8 Å². The van der Waals surface area contributed by atoms with Crippen LogP contribution in [-0.4, -0.2) is 34.4 Å². The van der Waals surface area contributed by atoms with E-state index in [9.17, 15) is 22.8 Å². The summed E-state index contributed by atoms with van der Waals surface area (Å²) >= 11 is 1.09. The van der Waals surface area contributed by atoms with E-state index >= 15 is 0 Å². The Morgan fingerprint density at radius 2 is 1.82 bits per heavy atom. The normalized spacial score (nSPS) is 15.9. The maximum Gasteiger partial charge on any atom is 0.326 e. The second-order valence-corrected chi connectivity index (χ2v) is 8.82. The lowest BCUT2D eigenvalue weighted by Gasteiger charge is -2.20. The molecule has 0 saturated carbocycles. The van der Waals surface area contributed by atoms with Gasteiger partial charge in [-0.2, -0.15) is 0 Å². The number of nitrogens with one attached hydrogen (secondary N) is 1. The van der Waals surface area contributed by atoms with Crippen LogP contribution in [0, 0.1) is 24.4 Å². The van der Waals surface area contributed by atoms with Crippen LogP contribution >= 0.6 is 11.3 Å². The second kappa shape index (κ2) is 9.22. The van der Waals surface area contributed by atoms with Gasteiger partial charge < -0.3 is 10.2 Å². The van der Waals surface area contributed by atoms with E-state index in [1.165, 1.54) is 23.1 Å². The minimum absolute atomic E-state index is 0.0217. The maximum atomic E-state index is 13.4. The van der Waals surface area contributed by atoms with Gasteiger partial charge in [-0.1, -0.05) is 29.5 Å². The van der Waals surface area contributed by atoms with Crippen LogP contribution in [0.3, 0.4) is 0 Å². The highest BCUT2D eigenvalue weighted by Crippen LogP contribution is 2.31. The van der Waals surface area contributed by atoms with Gasteiger partial charge in [0.05, 0.1) is 12.2 Å². The number of amides is 3. The smallest absolute Gasteiger partial charge is 0.326 e. The van der Waals surface area contributed by atoms with Gasteiger partial charge in [0.1, 0.15) is 10.7 Å². The number of carbonyl (C=O) groups excluding carboxylic acids is 2. The molecule has 1 fully saturated rings. The molecule has 3 aromatic rings. The lowest BCUT2D eigenvalue weighted by atomic mass is 10.2. The number of hydrogen-bond acceptors (Lipinski definition) is 4. The number of rotatable bonds is 6. The average Bonchev–Trinajstić information content (AvgIpc) is 3.30. The molecule has 1 aliphatic heterocycles. The molecule has 0 bridgehead atoms. The quantitative estimate of drug-likeness (QED) is 0.567. The molecule has 2 heterocycles. The topological polar surface area (TPSA) is 65.5 Å². The number of benzene rings is 2. The number of hydrogen-bond donors (Lipinski definition) is 1. The van der Waals surface area contributed by atoms with E-state index in [4.69, 9.17) is 0 Å². The van der Waals surface area contributed by atoms with Crippen LogP contribution in [0.5, 0.6) is 0 Å². The van der Waals surface area contributed by atoms with Gasteiger partial charge in [0.25, 0.3) is 5.91 Å². The number of anilines is 1. The van der Waals surface area contributed by atoms with E-state index in [2.05, 4.69) is 10.3 Å². The molecule has 0 unspecified atom stereocenters. The fourth-order valence-electron chi connectivity index (χ4n) is 3.57. The number of nitrogens with zero attached hydrogens (tertiary/aromatic N) is 3. The summed E-state index contributed by atoms with van der Waals surface area (Å²) in [6.07, 6.45) is 0. The van der Waals surface area contributed by atoms with Gasteiger partial charge >= 0.3 is 6.03 Å². The Bertz CT molecular complexity index is 1200. The molecule has 0 radical (unpaired) electrons. The highest BCUT2D eigenvalue weighted by Gasteiger charge is 2.37. The Hall–Kier alpha value is -3.40. The molecule has 4 rings (SSSR count). The number of aryl methyl sites for hydroxylation is 1. The Balaban J connectivity index is 1.44. The van der Waals surface area contributed by atoms with Crippen molar-refractivity contribution in [3.05, 3.63) is 81.6 Å². The second-order valence-electron chi connectivity index (χ2n) is 7.84. The molecule has 1 saturated heterocycles. The van der Waals surface area contributed by atoms with E-state index in [0.29, 0.717) is 34.4 Å². The lowest BCUT2D eigenvalue weighted by molar-refractivity contribution is 0.0954. The Labute approximate surface area is 192 Å². The molecule has 3 amide bonds. The Morgan fingerprint density at radius 3 is 2.52 bits per heavy atom. The first-order valence-electron chi connectivity index (χ1n) is 10.2. The summed E-state index contributed by atoms with van der Waals surface area (Å²) < 4.78 is 39.6. The van der Waals surface area contributed by atoms with Crippen molar-refractivity contribution in [3.63, 3.8) is 0 Å². The van der Waals surface area contributed by atoms with Gasteiger partial charge in [-0.05, 0) is 49.2 Å². The minimum Gasteiger partial charge on any atom is -0.347 e. The van der Waals surface area contributed by atoms with Gasteiger partial charge in [-0.25, -0.2) is 22.9 Å². The molecule has 0 aliphatic carbocycles. The summed E-state index contributed by atoms with van der Waals surface area (Å²) in [7, 11) is 0. The third kappa shape index (κ3) is 4.85. The predicted octanol–water partition coefficient (Wildman–Crippen LogP) is 4.63. The zero-order valence-electron chi connectivity index (χ0n) is 17.9. The lowest BCUT2D eigenvalue weighted by Crippen LogP contribution is -2.33. The highest BCUT2D eigenvalue weighted by molar-refractivity contribution is 7.17. The van der Waals surface area contributed by atoms with Crippen molar-refractivity contribution in [2.75, 3.05) is 11.4 Å². The van der Waals surface area contributed by atoms with Crippen molar-refractivity contribution < 1.29 is 22.8 Å². The Kier molecular flexibility index (Phi) is 6.37. The van der Waals surface area contributed by atoms with Crippen molar-refractivity contribution in [3.8, 4) is 0 Å². The number of carbonyl (C=O) groups is 2. The first-order valence-corrected chi connectivity index (χ1v) is 11.1. The van der Waals surface area contributed by atoms with Gasteiger partial charge in [-0.3, -0.25) is 9.69 Å². The average molecular weight is 475 g/mol.